The van der Waals surface area contributed by atoms with Crippen LogP contribution in [0, 0.1) is 0 Å². The van der Waals surface area contributed by atoms with E-state index >= 15 is 0 Å². The molecule has 0 spiro atoms. The highest BCUT2D eigenvalue weighted by Crippen LogP contribution is 2.18. The van der Waals surface area contributed by atoms with Crippen LogP contribution in [-0.4, -0.2) is 5.97 Å². The fourth-order valence-corrected chi connectivity index (χ4v) is 7.39. The van der Waals surface area contributed by atoms with Gasteiger partial charge in [-0.05, 0) is 6.42 Å². The maximum Gasteiger partial charge on any atom is 0.310 e. The van der Waals surface area contributed by atoms with E-state index in [9.17, 15) is 4.79 Å². The Labute approximate surface area is 304 Å². The van der Waals surface area contributed by atoms with Crippen LogP contribution in [0.25, 0.3) is 0 Å². The third-order valence-electron chi connectivity index (χ3n) is 10.7. The van der Waals surface area contributed by atoms with Crippen molar-refractivity contribution in [3.05, 3.63) is 12.8 Å². The third-order valence-corrected chi connectivity index (χ3v) is 10.7. The Kier molecular flexibility index (Phi) is 43.5. The van der Waals surface area contributed by atoms with Crippen LogP contribution in [0.5, 0.6) is 0 Å². The second-order valence-corrected chi connectivity index (χ2v) is 15.5. The number of ether oxygens (including phenoxy) is 1. The molecule has 0 aliphatic heterocycles. The van der Waals surface area contributed by atoms with Gasteiger partial charge in [0.1, 0.15) is 0 Å². The lowest BCUT2D eigenvalue weighted by Crippen LogP contribution is -1.98. The summed E-state index contributed by atoms with van der Waals surface area (Å²) >= 11 is 0. The second kappa shape index (κ2) is 44.2. The highest BCUT2D eigenvalue weighted by atomic mass is 16.5. The normalized spacial score (nSPS) is 11.4. The van der Waals surface area contributed by atoms with E-state index in [-0.39, 0.29) is 5.97 Å². The monoisotopic (exact) mass is 675 g/mol. The first kappa shape index (κ1) is 47.2. The lowest BCUT2D eigenvalue weighted by Gasteiger charge is -2.05. The van der Waals surface area contributed by atoms with Crippen molar-refractivity contribution in [2.45, 2.75) is 277 Å². The first-order valence-corrected chi connectivity index (χ1v) is 22.6. The first-order chi connectivity index (χ1) is 23.8. The summed E-state index contributed by atoms with van der Waals surface area (Å²) in [5, 5.41) is 0. The molecule has 48 heavy (non-hydrogen) atoms. The third kappa shape index (κ3) is 43.2. The molecule has 0 aromatic heterocycles. The Morgan fingerprint density at radius 2 is 0.500 bits per heavy atom. The Hall–Kier alpha value is -0.790. The minimum Gasteiger partial charge on any atom is -0.435 e. The highest BCUT2D eigenvalue weighted by molar-refractivity contribution is 5.69. The average Bonchev–Trinajstić information content (AvgIpc) is 3.09. The lowest BCUT2D eigenvalue weighted by molar-refractivity contribution is -0.138. The van der Waals surface area contributed by atoms with Gasteiger partial charge in [0, 0.05) is 6.42 Å². The van der Waals surface area contributed by atoms with E-state index < -0.39 is 0 Å². The van der Waals surface area contributed by atoms with E-state index in [2.05, 4.69) is 13.5 Å². The minimum absolute atomic E-state index is 0.142. The molecule has 0 aromatic rings. The Bertz CT molecular complexity index is 599. The lowest BCUT2D eigenvalue weighted by atomic mass is 10.0. The van der Waals surface area contributed by atoms with Crippen molar-refractivity contribution < 1.29 is 9.53 Å². The van der Waals surface area contributed by atoms with E-state index in [1.807, 2.05) is 0 Å². The molecule has 0 amide bonds. The molecule has 0 bridgehead atoms. The molecule has 0 heterocycles. The summed E-state index contributed by atoms with van der Waals surface area (Å²) in [6.07, 6.45) is 60.6. The summed E-state index contributed by atoms with van der Waals surface area (Å²) in [5.41, 5.74) is 0. The molecule has 0 atom stereocenters. The van der Waals surface area contributed by atoms with Crippen LogP contribution in [0.4, 0.5) is 0 Å². The SMILES string of the molecule is C=COC(=O)CCCCCCCCCCCCCCCCCCCCCCCCCCCCCCCCCCCCCCCCCCC. The summed E-state index contributed by atoms with van der Waals surface area (Å²) in [6.45, 7) is 5.73. The second-order valence-electron chi connectivity index (χ2n) is 15.5. The first-order valence-electron chi connectivity index (χ1n) is 22.6. The average molecular weight is 675 g/mol. The minimum atomic E-state index is -0.142. The van der Waals surface area contributed by atoms with Crippen LogP contribution in [0.1, 0.15) is 277 Å². The number of carbonyl (C=O) groups is 1. The zero-order valence-corrected chi connectivity index (χ0v) is 33.3. The Balaban J connectivity index is 3.06. The molecule has 0 aromatic carbocycles. The van der Waals surface area contributed by atoms with Crippen LogP contribution < -0.4 is 0 Å². The van der Waals surface area contributed by atoms with Gasteiger partial charge in [0.2, 0.25) is 0 Å². The van der Waals surface area contributed by atoms with Gasteiger partial charge >= 0.3 is 5.97 Å². The van der Waals surface area contributed by atoms with Crippen LogP contribution in [0.15, 0.2) is 12.8 Å². The van der Waals surface area contributed by atoms with Gasteiger partial charge < -0.3 is 4.74 Å². The molecule has 0 saturated carbocycles. The Morgan fingerprint density at radius 1 is 0.333 bits per heavy atom. The number of carbonyl (C=O) groups excluding carboxylic acids is 1. The number of unbranched alkanes of at least 4 members (excludes halogenated alkanes) is 40. The molecule has 0 N–H and O–H groups in total. The molecular weight excluding hydrogens is 585 g/mol. The largest absolute Gasteiger partial charge is 0.435 e. The summed E-state index contributed by atoms with van der Waals surface area (Å²) in [6, 6.07) is 0. The number of hydrogen-bond acceptors (Lipinski definition) is 2. The molecule has 0 aliphatic carbocycles. The van der Waals surface area contributed by atoms with E-state index in [0.717, 1.165) is 12.8 Å². The number of esters is 1. The van der Waals surface area contributed by atoms with Gasteiger partial charge in [-0.25, -0.2) is 0 Å². The summed E-state index contributed by atoms with van der Waals surface area (Å²) in [4.78, 5) is 11.2. The smallest absolute Gasteiger partial charge is 0.310 e. The van der Waals surface area contributed by atoms with Gasteiger partial charge in [-0.2, -0.15) is 0 Å². The quantitative estimate of drug-likeness (QED) is 0.0365. The molecule has 0 radical (unpaired) electrons. The molecule has 0 fully saturated rings. The zero-order valence-electron chi connectivity index (χ0n) is 33.3. The maximum atomic E-state index is 11.2. The van der Waals surface area contributed by atoms with Crippen molar-refractivity contribution in [3.8, 4) is 0 Å². The van der Waals surface area contributed by atoms with Gasteiger partial charge in [-0.1, -0.05) is 270 Å². The van der Waals surface area contributed by atoms with E-state index in [1.165, 1.54) is 257 Å². The van der Waals surface area contributed by atoms with Crippen LogP contribution in [0.2, 0.25) is 0 Å². The molecule has 2 heteroatoms. The van der Waals surface area contributed by atoms with Gasteiger partial charge in [0.25, 0.3) is 0 Å². The standard InChI is InChI=1S/C46H90O2/c1-3-5-6-7-8-9-10-11-12-13-14-15-16-17-18-19-20-21-22-23-24-25-26-27-28-29-30-31-32-33-34-35-36-37-38-39-40-41-42-43-44-45-46(47)48-4-2/h4H,2-3,5-45H2,1H3. The zero-order chi connectivity index (χ0) is 34.7. The maximum absolute atomic E-state index is 11.2. The fraction of sp³-hybridized carbons (Fsp3) is 0.935. The molecule has 0 saturated heterocycles. The van der Waals surface area contributed by atoms with Gasteiger partial charge in [-0.3, -0.25) is 4.79 Å². The number of rotatable bonds is 43. The topological polar surface area (TPSA) is 26.3 Å². The van der Waals surface area contributed by atoms with Crippen molar-refractivity contribution in [3.63, 3.8) is 0 Å². The van der Waals surface area contributed by atoms with Crippen molar-refractivity contribution >= 4 is 5.97 Å². The Morgan fingerprint density at radius 3 is 0.667 bits per heavy atom. The molecule has 0 unspecified atom stereocenters. The number of hydrogen-bond donors (Lipinski definition) is 0. The van der Waals surface area contributed by atoms with E-state index in [0.29, 0.717) is 6.42 Å². The van der Waals surface area contributed by atoms with Crippen molar-refractivity contribution in [2.24, 2.45) is 0 Å². The molecule has 2 nitrogen and oxygen atoms in total. The van der Waals surface area contributed by atoms with Crippen LogP contribution in [-0.2, 0) is 9.53 Å². The van der Waals surface area contributed by atoms with Crippen molar-refractivity contribution in [1.29, 1.82) is 0 Å². The fourth-order valence-electron chi connectivity index (χ4n) is 7.39. The van der Waals surface area contributed by atoms with Gasteiger partial charge in [0.05, 0.1) is 6.26 Å². The van der Waals surface area contributed by atoms with E-state index in [1.54, 1.807) is 0 Å². The predicted molar refractivity (Wildman–Crippen MR) is 216 cm³/mol. The van der Waals surface area contributed by atoms with E-state index in [4.69, 9.17) is 4.74 Å². The van der Waals surface area contributed by atoms with Crippen molar-refractivity contribution in [2.75, 3.05) is 0 Å². The summed E-state index contributed by atoms with van der Waals surface area (Å²) < 4.78 is 4.75. The molecule has 286 valence electrons. The van der Waals surface area contributed by atoms with Crippen molar-refractivity contribution in [1.82, 2.24) is 0 Å². The molecular formula is C46H90O2. The molecule has 0 aliphatic rings. The van der Waals surface area contributed by atoms with Gasteiger partial charge in [-0.15, -0.1) is 0 Å². The van der Waals surface area contributed by atoms with Gasteiger partial charge in [0.15, 0.2) is 0 Å². The highest BCUT2D eigenvalue weighted by Gasteiger charge is 2.01. The summed E-state index contributed by atoms with van der Waals surface area (Å²) in [5.74, 6) is -0.142. The van der Waals surface area contributed by atoms with Crippen LogP contribution >= 0.6 is 0 Å². The van der Waals surface area contributed by atoms with Crippen LogP contribution in [0.3, 0.4) is 0 Å². The predicted octanol–water partition coefficient (Wildman–Crippen LogP) is 17.1. The summed E-state index contributed by atoms with van der Waals surface area (Å²) in [7, 11) is 0. The molecule has 0 rings (SSSR count).